The molecule has 0 aromatic heterocycles. The van der Waals surface area contributed by atoms with Crippen LogP contribution in [0.15, 0.2) is 53.4 Å². The second-order valence-corrected chi connectivity index (χ2v) is 8.17. The van der Waals surface area contributed by atoms with E-state index in [9.17, 15) is 26.4 Å². The lowest BCUT2D eigenvalue weighted by Crippen LogP contribution is -2.33. The molecule has 28 heavy (non-hydrogen) atoms. The van der Waals surface area contributed by atoms with Crippen LogP contribution in [0, 0.1) is 0 Å². The van der Waals surface area contributed by atoms with Crippen LogP contribution < -0.4 is 10.1 Å². The molecule has 0 bridgehead atoms. The molecule has 6 nitrogen and oxygen atoms in total. The number of rotatable bonds is 6. The van der Waals surface area contributed by atoms with Gasteiger partial charge in [-0.05, 0) is 56.3 Å². The van der Waals surface area contributed by atoms with E-state index >= 15 is 0 Å². The smallest absolute Gasteiger partial charge is 0.406 e. The summed E-state index contributed by atoms with van der Waals surface area (Å²) in [5.74, 6) is -1.02. The maximum absolute atomic E-state index is 12.5. The number of halogens is 3. The zero-order valence-electron chi connectivity index (χ0n) is 15.3. The van der Waals surface area contributed by atoms with Crippen LogP contribution in [-0.4, -0.2) is 38.1 Å². The van der Waals surface area contributed by atoms with E-state index in [4.69, 9.17) is 0 Å². The highest BCUT2D eigenvalue weighted by molar-refractivity contribution is 7.89. The minimum absolute atomic E-state index is 0.0368. The summed E-state index contributed by atoms with van der Waals surface area (Å²) in [6.07, 6.45) is -4.81. The number of benzene rings is 2. The molecule has 0 aliphatic carbocycles. The molecule has 10 heteroatoms. The molecule has 0 saturated carbocycles. The number of nitrogens with one attached hydrogen (secondary N) is 1. The highest BCUT2D eigenvalue weighted by atomic mass is 32.2. The molecular weight excluding hydrogens is 397 g/mol. The van der Waals surface area contributed by atoms with Crippen molar-refractivity contribution < 1.29 is 31.1 Å². The first-order chi connectivity index (χ1) is 12.9. The predicted octanol–water partition coefficient (Wildman–Crippen LogP) is 3.87. The van der Waals surface area contributed by atoms with Gasteiger partial charge in [0.15, 0.2) is 0 Å². The van der Waals surface area contributed by atoms with E-state index in [1.807, 2.05) is 0 Å². The lowest BCUT2D eigenvalue weighted by atomic mass is 10.2. The fraction of sp³-hybridized carbons (Fsp3) is 0.278. The Bertz CT molecular complexity index is 942. The number of sulfonamides is 1. The Morgan fingerprint density at radius 1 is 1.11 bits per heavy atom. The van der Waals surface area contributed by atoms with Gasteiger partial charge in [-0.3, -0.25) is 4.79 Å². The number of carbonyl (C=O) groups excluding carboxylic acids is 1. The van der Waals surface area contributed by atoms with Crippen molar-refractivity contribution in [3.8, 4) is 5.75 Å². The van der Waals surface area contributed by atoms with Crippen molar-refractivity contribution in [2.24, 2.45) is 0 Å². The van der Waals surface area contributed by atoms with Crippen LogP contribution in [0.1, 0.15) is 24.2 Å². The molecule has 2 aromatic rings. The van der Waals surface area contributed by atoms with Gasteiger partial charge in [0.1, 0.15) is 5.75 Å². The summed E-state index contributed by atoms with van der Waals surface area (Å²) >= 11 is 0. The van der Waals surface area contributed by atoms with Crippen LogP contribution in [0.4, 0.5) is 18.9 Å². The van der Waals surface area contributed by atoms with Gasteiger partial charge in [-0.25, -0.2) is 8.42 Å². The van der Waals surface area contributed by atoms with E-state index in [2.05, 4.69) is 10.1 Å². The topological polar surface area (TPSA) is 75.7 Å². The van der Waals surface area contributed by atoms with E-state index in [0.717, 1.165) is 12.1 Å². The van der Waals surface area contributed by atoms with E-state index in [1.54, 1.807) is 13.8 Å². The summed E-state index contributed by atoms with van der Waals surface area (Å²) in [7, 11) is -2.32. The second-order valence-electron chi connectivity index (χ2n) is 6.17. The molecule has 2 aromatic carbocycles. The normalized spacial score (nSPS) is 12.3. The number of hydrogen-bond acceptors (Lipinski definition) is 4. The zero-order valence-corrected chi connectivity index (χ0v) is 16.1. The Labute approximate surface area is 161 Å². The lowest BCUT2D eigenvalue weighted by molar-refractivity contribution is -0.274. The van der Waals surface area contributed by atoms with Gasteiger partial charge in [0.25, 0.3) is 5.91 Å². The lowest BCUT2D eigenvalue weighted by Gasteiger charge is -2.21. The van der Waals surface area contributed by atoms with Crippen LogP contribution in [0.3, 0.4) is 0 Å². The number of nitrogens with zero attached hydrogens (tertiary/aromatic N) is 1. The summed E-state index contributed by atoms with van der Waals surface area (Å²) in [5, 5.41) is 2.49. The Kier molecular flexibility index (Phi) is 6.35. The van der Waals surface area contributed by atoms with Crippen molar-refractivity contribution >= 4 is 21.6 Å². The van der Waals surface area contributed by atoms with Crippen LogP contribution in [-0.2, 0) is 10.0 Å². The summed E-state index contributed by atoms with van der Waals surface area (Å²) in [6, 6.07) is 9.83. The molecular formula is C18H19F3N2O4S. The Morgan fingerprint density at radius 3 is 2.25 bits per heavy atom. The van der Waals surface area contributed by atoms with E-state index in [-0.39, 0.29) is 22.2 Å². The van der Waals surface area contributed by atoms with Crippen molar-refractivity contribution in [1.29, 1.82) is 0 Å². The van der Waals surface area contributed by atoms with E-state index in [1.165, 1.54) is 47.8 Å². The molecule has 0 unspecified atom stereocenters. The average Bonchev–Trinajstić information content (AvgIpc) is 2.61. The highest BCUT2D eigenvalue weighted by Gasteiger charge is 2.31. The van der Waals surface area contributed by atoms with Crippen LogP contribution >= 0.6 is 0 Å². The number of carbonyl (C=O) groups is 1. The van der Waals surface area contributed by atoms with Gasteiger partial charge < -0.3 is 10.1 Å². The summed E-state index contributed by atoms with van der Waals surface area (Å²) < 4.78 is 66.5. The molecule has 0 aliphatic heterocycles. The van der Waals surface area contributed by atoms with Gasteiger partial charge >= 0.3 is 6.36 Å². The minimum atomic E-state index is -4.81. The number of anilines is 1. The Hall–Kier alpha value is -2.59. The Morgan fingerprint density at radius 2 is 1.71 bits per heavy atom. The predicted molar refractivity (Wildman–Crippen MR) is 97.6 cm³/mol. The maximum atomic E-state index is 12.5. The standard InChI is InChI=1S/C18H19F3N2O4S/c1-12(2)23(3)28(25,26)16-6-4-5-13(11-16)17(24)22-14-7-9-15(10-8-14)27-18(19,20)21/h4-12H,1-3H3,(H,22,24). The van der Waals surface area contributed by atoms with Crippen molar-refractivity contribution in [1.82, 2.24) is 4.31 Å². The van der Waals surface area contributed by atoms with Crippen LogP contribution in [0.2, 0.25) is 0 Å². The van der Waals surface area contributed by atoms with Gasteiger partial charge in [0.05, 0.1) is 4.90 Å². The van der Waals surface area contributed by atoms with Gasteiger partial charge in [-0.15, -0.1) is 13.2 Å². The monoisotopic (exact) mass is 416 g/mol. The van der Waals surface area contributed by atoms with Crippen molar-refractivity contribution in [3.63, 3.8) is 0 Å². The quantitative estimate of drug-likeness (QED) is 0.776. The third-order valence-electron chi connectivity index (χ3n) is 3.85. The fourth-order valence-electron chi connectivity index (χ4n) is 2.18. The number of hydrogen-bond donors (Lipinski definition) is 1. The fourth-order valence-corrected chi connectivity index (χ4v) is 3.60. The molecule has 0 fully saturated rings. The van der Waals surface area contributed by atoms with Crippen molar-refractivity contribution in [2.75, 3.05) is 12.4 Å². The largest absolute Gasteiger partial charge is 0.573 e. The summed E-state index contributed by atoms with van der Waals surface area (Å²) in [5.41, 5.74) is 0.320. The van der Waals surface area contributed by atoms with Gasteiger partial charge in [-0.2, -0.15) is 4.31 Å². The van der Waals surface area contributed by atoms with Gasteiger partial charge in [0.2, 0.25) is 10.0 Å². The van der Waals surface area contributed by atoms with E-state index in [0.29, 0.717) is 0 Å². The summed E-state index contributed by atoms with van der Waals surface area (Å²) in [6.45, 7) is 3.44. The molecule has 0 spiro atoms. The van der Waals surface area contributed by atoms with E-state index < -0.39 is 28.0 Å². The first-order valence-electron chi connectivity index (χ1n) is 8.15. The third-order valence-corrected chi connectivity index (χ3v) is 5.88. The molecule has 0 radical (unpaired) electrons. The van der Waals surface area contributed by atoms with Gasteiger partial charge in [0, 0.05) is 24.3 Å². The molecule has 2 rings (SSSR count). The Balaban J connectivity index is 2.17. The maximum Gasteiger partial charge on any atom is 0.573 e. The molecule has 1 N–H and O–H groups in total. The summed E-state index contributed by atoms with van der Waals surface area (Å²) in [4.78, 5) is 12.3. The molecule has 0 atom stereocenters. The second kappa shape index (κ2) is 8.19. The highest BCUT2D eigenvalue weighted by Crippen LogP contribution is 2.24. The number of amides is 1. The van der Waals surface area contributed by atoms with Crippen molar-refractivity contribution in [3.05, 3.63) is 54.1 Å². The molecule has 0 heterocycles. The molecule has 152 valence electrons. The van der Waals surface area contributed by atoms with Gasteiger partial charge in [-0.1, -0.05) is 6.07 Å². The number of ether oxygens (including phenoxy) is 1. The van der Waals surface area contributed by atoms with Crippen LogP contribution in [0.5, 0.6) is 5.75 Å². The SMILES string of the molecule is CC(C)N(C)S(=O)(=O)c1cccc(C(=O)Nc2ccc(OC(F)(F)F)cc2)c1. The average molecular weight is 416 g/mol. The van der Waals surface area contributed by atoms with Crippen molar-refractivity contribution in [2.45, 2.75) is 31.1 Å². The molecule has 1 amide bonds. The number of alkyl halides is 3. The minimum Gasteiger partial charge on any atom is -0.406 e. The van der Waals surface area contributed by atoms with Crippen LogP contribution in [0.25, 0.3) is 0 Å². The third kappa shape index (κ3) is 5.46. The zero-order chi connectivity index (χ0) is 21.1. The molecule has 0 saturated heterocycles. The first-order valence-corrected chi connectivity index (χ1v) is 9.59. The first kappa shape index (κ1) is 21.7. The molecule has 0 aliphatic rings.